The largest absolute Gasteiger partial charge is 0.506 e. The number of aromatic hydroxyl groups is 1. The van der Waals surface area contributed by atoms with Crippen LogP contribution in [0.1, 0.15) is 51.1 Å². The number of phosphoric ester groups is 1. The van der Waals surface area contributed by atoms with Crippen LogP contribution in [0.5, 0.6) is 5.75 Å². The fourth-order valence-corrected chi connectivity index (χ4v) is 8.73. The number of H-pyrrole nitrogens is 1. The van der Waals surface area contributed by atoms with E-state index in [1.165, 1.54) is 30.3 Å². The minimum atomic E-state index is -5.15. The molecule has 4 heterocycles. The van der Waals surface area contributed by atoms with Crippen molar-refractivity contribution in [3.8, 4) is 17.1 Å². The molecule has 2 fully saturated rings. The maximum atomic E-state index is 14.2. The second-order valence-corrected chi connectivity index (χ2v) is 17.9. The number of aromatic nitrogens is 2. The first-order chi connectivity index (χ1) is 29.7. The zero-order valence-corrected chi connectivity index (χ0v) is 36.6. The number of phenols is 1. The zero-order valence-electron chi connectivity index (χ0n) is 31.8. The van der Waals surface area contributed by atoms with Gasteiger partial charge in [0.15, 0.2) is 12.6 Å². The van der Waals surface area contributed by atoms with Gasteiger partial charge in [-0.15, -0.1) is 0 Å². The molecule has 2 aliphatic heterocycles. The second kappa shape index (κ2) is 18.6. The lowest BCUT2D eigenvalue weighted by Gasteiger charge is -2.22. The highest BCUT2D eigenvalue weighted by Crippen LogP contribution is 2.46. The first-order valence-corrected chi connectivity index (χ1v) is 21.9. The number of carbonyl (C=O) groups excluding carboxylic acids is 2. The molecule has 7 atom stereocenters. The van der Waals surface area contributed by atoms with Gasteiger partial charge < -0.3 is 44.7 Å². The highest BCUT2D eigenvalue weighted by Gasteiger charge is 2.44. The van der Waals surface area contributed by atoms with Gasteiger partial charge in [-0.1, -0.05) is 33.6 Å². The molecule has 7 N–H and O–H groups in total. The van der Waals surface area contributed by atoms with Gasteiger partial charge in [-0.25, -0.2) is 9.36 Å². The van der Waals surface area contributed by atoms with Gasteiger partial charge >= 0.3 is 19.7 Å². The highest BCUT2D eigenvalue weighted by molar-refractivity contribution is 9.11. The van der Waals surface area contributed by atoms with E-state index in [0.29, 0.717) is 15.2 Å². The number of nitrogens with one attached hydrogen (secondary N) is 3. The van der Waals surface area contributed by atoms with E-state index >= 15 is 0 Å². The van der Waals surface area contributed by atoms with Crippen molar-refractivity contribution in [2.75, 3.05) is 13.2 Å². The highest BCUT2D eigenvalue weighted by atomic mass is 79.9. The molecule has 7 rings (SSSR count). The summed E-state index contributed by atoms with van der Waals surface area (Å²) in [4.78, 5) is 65.7. The van der Waals surface area contributed by atoms with Crippen LogP contribution in [0.3, 0.4) is 0 Å². The summed E-state index contributed by atoms with van der Waals surface area (Å²) in [5.74, 6) is -5.41. The molecule has 63 heavy (non-hydrogen) atoms. The first-order valence-electron chi connectivity index (χ1n) is 18.5. The lowest BCUT2D eigenvalue weighted by Crippen LogP contribution is -2.42. The lowest BCUT2D eigenvalue weighted by molar-refractivity contribution is -0.170. The van der Waals surface area contributed by atoms with Gasteiger partial charge in [-0.2, -0.15) is 13.2 Å². The predicted octanol–water partition coefficient (Wildman–Crippen LogP) is 5.68. The van der Waals surface area contributed by atoms with E-state index in [1.807, 2.05) is 0 Å². The Morgan fingerprint density at radius 1 is 0.984 bits per heavy atom. The molecule has 2 saturated heterocycles. The molecule has 2 aliphatic rings. The Hall–Kier alpha value is -4.39. The first kappa shape index (κ1) is 46.6. The van der Waals surface area contributed by atoms with Gasteiger partial charge in [0, 0.05) is 40.0 Å². The number of amides is 2. The lowest BCUT2D eigenvalue weighted by atomic mass is 10.1. The number of nitrogens with zero attached hydrogens (tertiary/aromatic N) is 1. The molecule has 1 unspecified atom stereocenters. The number of hydrogen-bond donors (Lipinski definition) is 7. The number of furan rings is 1. The number of fused-ring (bicyclic) bond motifs is 1. The van der Waals surface area contributed by atoms with E-state index in [1.54, 1.807) is 18.2 Å². The number of phenolic OH excluding ortho intramolecular Hbond substituents is 1. The van der Waals surface area contributed by atoms with Crippen molar-refractivity contribution in [2.24, 2.45) is 5.92 Å². The Labute approximate surface area is 373 Å². The molecule has 5 aromatic rings. The minimum absolute atomic E-state index is 0.141. The molecule has 0 saturated carbocycles. The van der Waals surface area contributed by atoms with Gasteiger partial charge in [0.2, 0.25) is 5.76 Å². The molecule has 2 amide bonds. The zero-order chi connectivity index (χ0) is 45.5. The van der Waals surface area contributed by atoms with Crippen molar-refractivity contribution < 1.29 is 70.5 Å². The molecule has 0 radical (unpaired) electrons. The summed E-state index contributed by atoms with van der Waals surface area (Å²) >= 11 is 12.6. The normalized spacial score (nSPS) is 22.3. The van der Waals surface area contributed by atoms with Crippen LogP contribution in [0.2, 0.25) is 5.02 Å². The van der Waals surface area contributed by atoms with E-state index in [-0.39, 0.29) is 44.1 Å². The number of alkyl halides is 3. The van der Waals surface area contributed by atoms with E-state index in [0.717, 1.165) is 16.8 Å². The molecule has 2 aromatic heterocycles. The van der Waals surface area contributed by atoms with Crippen LogP contribution in [0, 0.1) is 5.92 Å². The van der Waals surface area contributed by atoms with Crippen LogP contribution in [-0.2, 0) is 35.8 Å². The fraction of sp³-hybridized carbons (Fsp3) is 0.316. The summed E-state index contributed by atoms with van der Waals surface area (Å²) in [5, 5.41) is 36.6. The third kappa shape index (κ3) is 10.6. The van der Waals surface area contributed by atoms with Crippen LogP contribution in [0.25, 0.3) is 22.1 Å². The summed E-state index contributed by atoms with van der Waals surface area (Å²) < 4.78 is 83.3. The van der Waals surface area contributed by atoms with Crippen LogP contribution < -0.4 is 21.9 Å². The van der Waals surface area contributed by atoms with Crippen molar-refractivity contribution in [3.63, 3.8) is 0 Å². The number of aromatic amines is 1. The molecule has 336 valence electrons. The Kier molecular flexibility index (Phi) is 13.8. The van der Waals surface area contributed by atoms with Gasteiger partial charge in [-0.3, -0.25) is 33.0 Å². The van der Waals surface area contributed by atoms with Crippen LogP contribution in [-0.4, -0.2) is 79.5 Å². The van der Waals surface area contributed by atoms with E-state index in [4.69, 9.17) is 34.5 Å². The van der Waals surface area contributed by atoms with E-state index in [9.17, 15) is 57.1 Å². The Morgan fingerprint density at radius 3 is 2.38 bits per heavy atom. The maximum Gasteiger partial charge on any atom is 0.472 e. The maximum absolute atomic E-state index is 14.2. The van der Waals surface area contributed by atoms with Gasteiger partial charge in [0.25, 0.3) is 17.4 Å². The molecule has 18 nitrogen and oxygen atoms in total. The molecule has 0 spiro atoms. The molecule has 0 aliphatic carbocycles. The predicted molar refractivity (Wildman–Crippen MR) is 220 cm³/mol. The van der Waals surface area contributed by atoms with Gasteiger partial charge in [0.1, 0.15) is 23.8 Å². The molecule has 3 aromatic carbocycles. The number of halogens is 6. The molecular weight excluding hydrogens is 1020 g/mol. The quantitative estimate of drug-likeness (QED) is 0.0701. The topological polar surface area (TPSA) is 261 Å². The summed E-state index contributed by atoms with van der Waals surface area (Å²) in [6.07, 6.45) is -10.5. The third-order valence-corrected chi connectivity index (χ3v) is 12.5. The summed E-state index contributed by atoms with van der Waals surface area (Å²) in [7, 11) is -5.00. The average molecular weight is 1050 g/mol. The number of hydrogen-bond acceptors (Lipinski definition) is 13. The molecule has 25 heteroatoms. The van der Waals surface area contributed by atoms with Crippen LogP contribution >= 0.6 is 51.3 Å². The van der Waals surface area contributed by atoms with Crippen LogP contribution in [0.4, 0.5) is 13.2 Å². The van der Waals surface area contributed by atoms with Crippen molar-refractivity contribution in [1.29, 1.82) is 0 Å². The minimum Gasteiger partial charge on any atom is -0.506 e. The van der Waals surface area contributed by atoms with Crippen molar-refractivity contribution in [3.05, 3.63) is 118 Å². The van der Waals surface area contributed by atoms with E-state index in [2.05, 4.69) is 47.5 Å². The SMILES string of the molecule is O=C(N[C@@H]1C[C@H](n2cc(CNC(=O)c3cc4cc(Br)ccc4c(Br)c3O)c(=O)[nH]c2=O)O[C@@H]1COP(=O)(O)OC[C@@H]1C[C@H](O)O[C@@H]1O)c1cc(-c2ccc(Cl)cc2)oc1C(F)(F)F. The smallest absolute Gasteiger partial charge is 0.472 e. The van der Waals surface area contributed by atoms with Gasteiger partial charge in [0.05, 0.1) is 47.0 Å². The number of carbonyl (C=O) groups is 2. The Balaban J connectivity index is 1.13. The average Bonchev–Trinajstić information content (AvgIpc) is 3.94. The summed E-state index contributed by atoms with van der Waals surface area (Å²) in [6, 6.07) is 11.6. The standard InChI is InChI=1S/C38H33Br2ClF3N4O14P/c39-20-3-6-22-17(7-20)8-23(31(50)30(22)40)34(52)45-12-19-13-48(37(55)47-33(19)51)28-11-25(27(60-28)15-59-63(56,57)58-14-18-9-29(49)62-36(18)54)46-35(53)24-10-26(61-32(24)38(42,43)44)16-1-4-21(41)5-2-16/h1-8,10,13,18,25,27-29,36,49-50,54H,9,11-12,14-15H2,(H,45,52)(H,46,53)(H,56,57)(H,47,51,55)/t18-,25+,27+,28+,29+,36-/m0/s1. The Morgan fingerprint density at radius 2 is 1.70 bits per heavy atom. The van der Waals surface area contributed by atoms with Crippen molar-refractivity contribution in [2.45, 2.75) is 56.5 Å². The van der Waals surface area contributed by atoms with E-state index < -0.39 is 111 Å². The monoisotopic (exact) mass is 1050 g/mol. The van der Waals surface area contributed by atoms with Crippen LogP contribution in [0.15, 0.2) is 83.7 Å². The molecular formula is C38H33Br2ClF3N4O14P. The van der Waals surface area contributed by atoms with Gasteiger partial charge in [-0.05, 0) is 75.2 Å². The summed E-state index contributed by atoms with van der Waals surface area (Å²) in [6.45, 7) is -1.99. The Bertz CT molecular complexity index is 2740. The number of aliphatic hydroxyl groups excluding tert-OH is 2. The number of aliphatic hydroxyl groups is 2. The number of phosphoric acid groups is 1. The third-order valence-electron chi connectivity index (χ3n) is 10.0. The summed E-state index contributed by atoms with van der Waals surface area (Å²) in [5.41, 5.74) is -3.11. The molecule has 0 bridgehead atoms. The second-order valence-electron chi connectivity index (χ2n) is 14.3. The number of benzene rings is 3. The number of ether oxygens (including phenoxy) is 2. The van der Waals surface area contributed by atoms with Crippen molar-refractivity contribution >= 4 is 73.9 Å². The number of rotatable bonds is 13. The van der Waals surface area contributed by atoms with Crippen molar-refractivity contribution in [1.82, 2.24) is 20.2 Å². The fourth-order valence-electron chi connectivity index (χ4n) is 6.86.